The monoisotopic (exact) mass is 327 g/mol. The molecule has 0 amide bonds. The molecule has 0 aliphatic carbocycles. The number of benzene rings is 1. The van der Waals surface area contributed by atoms with Crippen LogP contribution in [0.2, 0.25) is 0 Å². The number of rotatable bonds is 1. The summed E-state index contributed by atoms with van der Waals surface area (Å²) in [5.74, 6) is 1.02. The van der Waals surface area contributed by atoms with Gasteiger partial charge in [0.25, 0.3) is 0 Å². The third kappa shape index (κ3) is 2.99. The number of hydrogen-bond acceptors (Lipinski definition) is 5. The van der Waals surface area contributed by atoms with Crippen molar-refractivity contribution in [3.05, 3.63) is 29.3 Å². The van der Waals surface area contributed by atoms with Crippen LogP contribution in [-0.2, 0) is 0 Å². The van der Waals surface area contributed by atoms with Crippen LogP contribution in [-0.4, -0.2) is 53.7 Å². The molecule has 0 saturated carbocycles. The van der Waals surface area contributed by atoms with E-state index in [1.165, 1.54) is 0 Å². The standard InChI is InChI=1S/C17H21N5O2/c1-17(2)15(23)14(22(5)16(20-10-19)21(3)4)12-8-11(9-18)6-7-13(12)24-17/h6-8,14-15,23H,1-5H3/b20-16-/t14-,15+/m0/s1. The Balaban J connectivity index is 2.61. The number of fused-ring (bicyclic) bond motifs is 1. The molecule has 7 nitrogen and oxygen atoms in total. The molecule has 1 aromatic rings. The van der Waals surface area contributed by atoms with Gasteiger partial charge < -0.3 is 19.6 Å². The number of aliphatic hydroxyl groups excluding tert-OH is 1. The maximum Gasteiger partial charge on any atom is 0.212 e. The highest BCUT2D eigenvalue weighted by atomic mass is 16.5. The Morgan fingerprint density at radius 2 is 1.96 bits per heavy atom. The van der Waals surface area contributed by atoms with Gasteiger partial charge in [0.1, 0.15) is 17.5 Å². The molecule has 0 bridgehead atoms. The minimum absolute atomic E-state index is 0.410. The fraction of sp³-hybridized carbons (Fsp3) is 0.471. The van der Waals surface area contributed by atoms with Crippen molar-refractivity contribution in [2.75, 3.05) is 21.1 Å². The Labute approximate surface area is 142 Å². The van der Waals surface area contributed by atoms with Crippen LogP contribution in [0.4, 0.5) is 0 Å². The summed E-state index contributed by atoms with van der Waals surface area (Å²) in [5.41, 5.74) is 0.339. The second-order valence-corrected chi connectivity index (χ2v) is 6.48. The number of guanidine groups is 1. The first-order valence-corrected chi connectivity index (χ1v) is 7.51. The number of aliphatic imine (C=N–C) groups is 1. The SMILES string of the molecule is CN(C)/C(=N/C#N)N(C)[C@H]1c2cc(C#N)ccc2OC(C)(C)[C@@H]1O. The topological polar surface area (TPSA) is 95.9 Å². The molecule has 1 heterocycles. The number of likely N-dealkylation sites (N-methyl/N-ethyl adjacent to an activating group) is 1. The van der Waals surface area contributed by atoms with Gasteiger partial charge in [-0.25, -0.2) is 0 Å². The lowest BCUT2D eigenvalue weighted by molar-refractivity contribution is -0.0796. The maximum atomic E-state index is 10.9. The predicted octanol–water partition coefficient (Wildman–Crippen LogP) is 1.46. The van der Waals surface area contributed by atoms with Crippen LogP contribution in [0.1, 0.15) is 31.0 Å². The fourth-order valence-corrected chi connectivity index (χ4v) is 2.92. The molecule has 1 aromatic carbocycles. The minimum Gasteiger partial charge on any atom is -0.485 e. The average Bonchev–Trinajstić information content (AvgIpc) is 2.52. The molecule has 2 rings (SSSR count). The lowest BCUT2D eigenvalue weighted by Gasteiger charge is -2.46. The molecule has 0 radical (unpaired) electrons. The van der Waals surface area contributed by atoms with Gasteiger partial charge >= 0.3 is 0 Å². The molecule has 0 unspecified atom stereocenters. The highest BCUT2D eigenvalue weighted by Gasteiger charge is 2.45. The lowest BCUT2D eigenvalue weighted by atomic mass is 9.85. The summed E-state index contributed by atoms with van der Waals surface area (Å²) in [6.45, 7) is 3.60. The van der Waals surface area contributed by atoms with E-state index in [2.05, 4.69) is 11.1 Å². The molecule has 126 valence electrons. The second kappa shape index (κ2) is 6.38. The summed E-state index contributed by atoms with van der Waals surface area (Å²) in [7, 11) is 5.31. The average molecular weight is 327 g/mol. The van der Waals surface area contributed by atoms with Crippen molar-refractivity contribution in [3.8, 4) is 18.0 Å². The van der Waals surface area contributed by atoms with Crippen LogP contribution >= 0.6 is 0 Å². The molecular formula is C17H21N5O2. The highest BCUT2D eigenvalue weighted by molar-refractivity contribution is 5.81. The zero-order chi connectivity index (χ0) is 18.1. The summed E-state index contributed by atoms with van der Waals surface area (Å²) < 4.78 is 5.91. The number of hydrogen-bond donors (Lipinski definition) is 1. The third-order valence-corrected chi connectivity index (χ3v) is 4.12. The summed E-state index contributed by atoms with van der Waals surface area (Å²) in [6.07, 6.45) is 0.909. The number of aliphatic hydroxyl groups is 1. The molecule has 1 aliphatic rings. The van der Waals surface area contributed by atoms with Crippen molar-refractivity contribution < 1.29 is 9.84 Å². The quantitative estimate of drug-likeness (QED) is 0.476. The summed E-state index contributed by atoms with van der Waals surface area (Å²) >= 11 is 0. The second-order valence-electron chi connectivity index (χ2n) is 6.48. The first kappa shape index (κ1) is 17.6. The van der Waals surface area contributed by atoms with E-state index in [1.807, 2.05) is 0 Å². The van der Waals surface area contributed by atoms with Crippen molar-refractivity contribution in [3.63, 3.8) is 0 Å². The largest absolute Gasteiger partial charge is 0.485 e. The maximum absolute atomic E-state index is 10.9. The molecule has 24 heavy (non-hydrogen) atoms. The summed E-state index contributed by atoms with van der Waals surface area (Å²) in [4.78, 5) is 7.29. The van der Waals surface area contributed by atoms with E-state index in [-0.39, 0.29) is 0 Å². The van der Waals surface area contributed by atoms with Crippen molar-refractivity contribution in [1.82, 2.24) is 9.80 Å². The van der Waals surface area contributed by atoms with Gasteiger partial charge in [0.2, 0.25) is 12.2 Å². The van der Waals surface area contributed by atoms with Crippen LogP contribution in [0.25, 0.3) is 0 Å². The van der Waals surface area contributed by atoms with Gasteiger partial charge in [-0.05, 0) is 32.0 Å². The Hall–Kier alpha value is -2.77. The van der Waals surface area contributed by atoms with Crippen LogP contribution in [0.15, 0.2) is 23.2 Å². The van der Waals surface area contributed by atoms with E-state index >= 15 is 0 Å². The van der Waals surface area contributed by atoms with Gasteiger partial charge in [0.05, 0.1) is 17.7 Å². The Morgan fingerprint density at radius 3 is 2.50 bits per heavy atom. The van der Waals surface area contributed by atoms with Gasteiger partial charge in [-0.3, -0.25) is 0 Å². The Morgan fingerprint density at radius 1 is 1.29 bits per heavy atom. The van der Waals surface area contributed by atoms with Gasteiger partial charge in [0.15, 0.2) is 0 Å². The molecule has 1 aliphatic heterocycles. The fourth-order valence-electron chi connectivity index (χ4n) is 2.92. The van der Waals surface area contributed by atoms with E-state index in [0.29, 0.717) is 22.8 Å². The van der Waals surface area contributed by atoms with E-state index < -0.39 is 17.7 Å². The van der Waals surface area contributed by atoms with Crippen molar-refractivity contribution in [1.29, 1.82) is 10.5 Å². The van der Waals surface area contributed by atoms with Crippen molar-refractivity contribution in [2.45, 2.75) is 31.6 Å². The van der Waals surface area contributed by atoms with Gasteiger partial charge in [-0.1, -0.05) is 0 Å². The third-order valence-electron chi connectivity index (χ3n) is 4.12. The van der Waals surface area contributed by atoms with Gasteiger partial charge in [0, 0.05) is 26.7 Å². The zero-order valence-corrected chi connectivity index (χ0v) is 14.5. The van der Waals surface area contributed by atoms with Crippen LogP contribution in [0, 0.1) is 22.8 Å². The first-order valence-electron chi connectivity index (χ1n) is 7.51. The zero-order valence-electron chi connectivity index (χ0n) is 14.5. The molecule has 2 atom stereocenters. The van der Waals surface area contributed by atoms with Gasteiger partial charge in [-0.2, -0.15) is 10.5 Å². The smallest absolute Gasteiger partial charge is 0.212 e. The Bertz CT molecular complexity index is 742. The molecule has 0 spiro atoms. The van der Waals surface area contributed by atoms with Gasteiger partial charge in [-0.15, -0.1) is 4.99 Å². The number of ether oxygens (including phenoxy) is 1. The number of nitrogens with zero attached hydrogens (tertiary/aromatic N) is 5. The van der Waals surface area contributed by atoms with Crippen LogP contribution < -0.4 is 4.74 Å². The molecule has 7 heteroatoms. The van der Waals surface area contributed by atoms with E-state index in [9.17, 15) is 10.4 Å². The first-order chi connectivity index (χ1) is 11.2. The molecular weight excluding hydrogens is 306 g/mol. The van der Waals surface area contributed by atoms with E-state index in [0.717, 1.165) is 0 Å². The highest BCUT2D eigenvalue weighted by Crippen LogP contribution is 2.43. The summed E-state index contributed by atoms with van der Waals surface area (Å²) in [6, 6.07) is 6.71. The van der Waals surface area contributed by atoms with Crippen molar-refractivity contribution >= 4 is 5.96 Å². The minimum atomic E-state index is -0.882. The lowest BCUT2D eigenvalue weighted by Crippen LogP contribution is -2.55. The predicted molar refractivity (Wildman–Crippen MR) is 89.1 cm³/mol. The molecule has 1 N–H and O–H groups in total. The van der Waals surface area contributed by atoms with E-state index in [1.54, 1.807) is 69.2 Å². The number of nitriles is 2. The van der Waals surface area contributed by atoms with Crippen LogP contribution in [0.3, 0.4) is 0 Å². The van der Waals surface area contributed by atoms with Crippen LogP contribution in [0.5, 0.6) is 5.75 Å². The summed E-state index contributed by atoms with van der Waals surface area (Å²) in [5, 5.41) is 29.0. The Kier molecular flexibility index (Phi) is 4.68. The molecule has 0 fully saturated rings. The van der Waals surface area contributed by atoms with Crippen molar-refractivity contribution in [2.24, 2.45) is 4.99 Å². The molecule has 0 aromatic heterocycles. The normalized spacial score (nSPS) is 21.8. The van der Waals surface area contributed by atoms with E-state index in [4.69, 9.17) is 10.00 Å². The molecule has 0 saturated heterocycles.